The second-order valence-corrected chi connectivity index (χ2v) is 6.11. The van der Waals surface area contributed by atoms with Crippen LogP contribution in [0.4, 0.5) is 0 Å². The van der Waals surface area contributed by atoms with Crippen LogP contribution in [0.15, 0.2) is 36.4 Å². The highest BCUT2D eigenvalue weighted by Gasteiger charge is 2.19. The molecule has 0 amide bonds. The van der Waals surface area contributed by atoms with Crippen molar-refractivity contribution < 1.29 is 9.53 Å². The van der Waals surface area contributed by atoms with Gasteiger partial charge in [-0.1, -0.05) is 53.2 Å². The first-order valence-electron chi connectivity index (χ1n) is 7.63. The Morgan fingerprint density at radius 2 is 2.00 bits per heavy atom. The molecular formula is C18H22BrNO2. The van der Waals surface area contributed by atoms with E-state index in [1.165, 1.54) is 5.69 Å². The fraction of sp³-hybridized carbons (Fsp3) is 0.389. The second-order valence-electron chi connectivity index (χ2n) is 5.32. The molecule has 0 spiro atoms. The molecule has 2 aromatic rings. The van der Waals surface area contributed by atoms with Crippen LogP contribution in [0.2, 0.25) is 0 Å². The molecule has 0 aliphatic carbocycles. The Balaban J connectivity index is 2.17. The van der Waals surface area contributed by atoms with Crippen molar-refractivity contribution in [3.63, 3.8) is 0 Å². The number of aromatic nitrogens is 1. The van der Waals surface area contributed by atoms with Crippen LogP contribution in [0.3, 0.4) is 0 Å². The number of carbonyl (C=O) groups is 1. The van der Waals surface area contributed by atoms with Gasteiger partial charge in [0.2, 0.25) is 0 Å². The minimum absolute atomic E-state index is 0.240. The zero-order chi connectivity index (χ0) is 15.9. The summed E-state index contributed by atoms with van der Waals surface area (Å²) in [6.07, 6.45) is 1.90. The normalized spacial score (nSPS) is 10.7. The van der Waals surface area contributed by atoms with E-state index in [1.54, 1.807) is 0 Å². The maximum Gasteiger partial charge on any atom is 0.355 e. The lowest BCUT2D eigenvalue weighted by Crippen LogP contribution is -2.15. The van der Waals surface area contributed by atoms with Crippen LogP contribution in [-0.4, -0.2) is 15.9 Å². The molecule has 1 aromatic heterocycles. The summed E-state index contributed by atoms with van der Waals surface area (Å²) in [4.78, 5) is 12.5. The molecule has 3 nitrogen and oxygen atoms in total. The van der Waals surface area contributed by atoms with E-state index < -0.39 is 0 Å². The number of esters is 1. The number of aryl methyl sites for hydroxylation is 2. The van der Waals surface area contributed by atoms with Gasteiger partial charge in [-0.2, -0.15) is 0 Å². The summed E-state index contributed by atoms with van der Waals surface area (Å²) in [5.41, 5.74) is 3.86. The van der Waals surface area contributed by atoms with Gasteiger partial charge in [0, 0.05) is 17.6 Å². The molecular weight excluding hydrogens is 342 g/mol. The molecule has 22 heavy (non-hydrogen) atoms. The average Bonchev–Trinajstić information content (AvgIpc) is 2.82. The van der Waals surface area contributed by atoms with Crippen molar-refractivity contribution in [3.8, 4) is 0 Å². The zero-order valence-corrected chi connectivity index (χ0v) is 14.7. The summed E-state index contributed by atoms with van der Waals surface area (Å²) in [5.74, 6) is -0.240. The van der Waals surface area contributed by atoms with E-state index in [0.717, 1.165) is 35.8 Å². The Bertz CT molecular complexity index is 620. The Morgan fingerprint density at radius 1 is 1.27 bits per heavy atom. The third-order valence-electron chi connectivity index (χ3n) is 3.58. The zero-order valence-electron chi connectivity index (χ0n) is 13.1. The largest absolute Gasteiger partial charge is 0.456 e. The molecule has 0 fully saturated rings. The molecule has 1 aromatic carbocycles. The van der Waals surface area contributed by atoms with Crippen molar-refractivity contribution in [1.82, 2.24) is 4.57 Å². The van der Waals surface area contributed by atoms with Gasteiger partial charge in [-0.3, -0.25) is 0 Å². The summed E-state index contributed by atoms with van der Waals surface area (Å²) in [7, 11) is 0. The Kier molecular flexibility index (Phi) is 6.25. The van der Waals surface area contributed by atoms with Crippen LogP contribution in [0.25, 0.3) is 0 Å². The van der Waals surface area contributed by atoms with Crippen LogP contribution in [0.1, 0.15) is 40.7 Å². The van der Waals surface area contributed by atoms with E-state index >= 15 is 0 Å². The lowest BCUT2D eigenvalue weighted by Gasteiger charge is -2.12. The van der Waals surface area contributed by atoms with Gasteiger partial charge in [-0.25, -0.2) is 4.79 Å². The van der Waals surface area contributed by atoms with Crippen molar-refractivity contribution in [2.24, 2.45) is 0 Å². The van der Waals surface area contributed by atoms with Crippen LogP contribution in [-0.2, 0) is 24.3 Å². The number of hydrogen-bond acceptors (Lipinski definition) is 2. The Hall–Kier alpha value is -1.55. The van der Waals surface area contributed by atoms with Gasteiger partial charge in [-0.15, -0.1) is 0 Å². The van der Waals surface area contributed by atoms with Crippen LogP contribution in [0.5, 0.6) is 0 Å². The summed E-state index contributed by atoms with van der Waals surface area (Å²) in [6.45, 7) is 5.24. The number of ether oxygens (including phenoxy) is 1. The monoisotopic (exact) mass is 363 g/mol. The van der Waals surface area contributed by atoms with E-state index in [2.05, 4.69) is 33.5 Å². The predicted octanol–water partition coefficient (Wildman–Crippen LogP) is 4.50. The average molecular weight is 364 g/mol. The standard InChI is InChI=1S/C18H22BrNO2/c1-3-11-20-16(9-10-19)12-14(2)17(20)18(21)22-13-15-7-5-4-6-8-15/h4-8,12H,3,9-11,13H2,1-2H3. The number of carbonyl (C=O) groups excluding carboxylic acids is 1. The maximum atomic E-state index is 12.5. The van der Waals surface area contributed by atoms with Gasteiger partial charge >= 0.3 is 5.97 Å². The lowest BCUT2D eigenvalue weighted by atomic mass is 10.2. The van der Waals surface area contributed by atoms with Gasteiger partial charge in [0.1, 0.15) is 12.3 Å². The fourth-order valence-corrected chi connectivity index (χ4v) is 3.00. The topological polar surface area (TPSA) is 31.2 Å². The molecule has 0 radical (unpaired) electrons. The summed E-state index contributed by atoms with van der Waals surface area (Å²) >= 11 is 3.47. The Labute approximate surface area is 140 Å². The van der Waals surface area contributed by atoms with Crippen LogP contribution < -0.4 is 0 Å². The SMILES string of the molecule is CCCn1c(CCBr)cc(C)c1C(=O)OCc1ccccc1. The molecule has 0 aliphatic rings. The molecule has 0 atom stereocenters. The first kappa shape index (κ1) is 16.8. The van der Waals surface area contributed by atoms with E-state index in [9.17, 15) is 4.79 Å². The van der Waals surface area contributed by atoms with E-state index in [-0.39, 0.29) is 5.97 Å². The number of benzene rings is 1. The summed E-state index contributed by atoms with van der Waals surface area (Å²) in [6, 6.07) is 11.9. The highest BCUT2D eigenvalue weighted by atomic mass is 79.9. The third-order valence-corrected chi connectivity index (χ3v) is 3.97. The van der Waals surface area contributed by atoms with Gasteiger partial charge in [0.25, 0.3) is 0 Å². The van der Waals surface area contributed by atoms with E-state index in [0.29, 0.717) is 12.3 Å². The van der Waals surface area contributed by atoms with Gasteiger partial charge < -0.3 is 9.30 Å². The highest BCUT2D eigenvalue weighted by molar-refractivity contribution is 9.09. The minimum atomic E-state index is -0.240. The molecule has 0 aliphatic heterocycles. The molecule has 0 N–H and O–H groups in total. The molecule has 1 heterocycles. The van der Waals surface area contributed by atoms with Gasteiger partial charge in [-0.05, 0) is 37.0 Å². The second kappa shape index (κ2) is 8.18. The smallest absolute Gasteiger partial charge is 0.355 e. The molecule has 4 heteroatoms. The van der Waals surface area contributed by atoms with Gasteiger partial charge in [0.05, 0.1) is 0 Å². The molecule has 118 valence electrons. The fourth-order valence-electron chi connectivity index (χ4n) is 2.60. The Morgan fingerprint density at radius 3 is 2.64 bits per heavy atom. The van der Waals surface area contributed by atoms with Crippen molar-refractivity contribution in [3.05, 3.63) is 58.9 Å². The number of nitrogens with zero attached hydrogens (tertiary/aromatic N) is 1. The van der Waals surface area contributed by atoms with Crippen molar-refractivity contribution in [2.75, 3.05) is 5.33 Å². The number of halogens is 1. The summed E-state index contributed by atoms with van der Waals surface area (Å²) < 4.78 is 7.60. The quantitative estimate of drug-likeness (QED) is 0.535. The van der Waals surface area contributed by atoms with Crippen molar-refractivity contribution >= 4 is 21.9 Å². The minimum Gasteiger partial charge on any atom is -0.456 e. The highest BCUT2D eigenvalue weighted by Crippen LogP contribution is 2.19. The lowest BCUT2D eigenvalue weighted by molar-refractivity contribution is 0.0458. The molecule has 0 saturated heterocycles. The van der Waals surface area contributed by atoms with Crippen molar-refractivity contribution in [2.45, 2.75) is 39.8 Å². The number of alkyl halides is 1. The van der Waals surface area contributed by atoms with Crippen molar-refractivity contribution in [1.29, 1.82) is 0 Å². The molecule has 0 unspecified atom stereocenters. The van der Waals surface area contributed by atoms with E-state index in [1.807, 2.05) is 37.3 Å². The maximum absolute atomic E-state index is 12.5. The number of rotatable bonds is 7. The molecule has 0 bridgehead atoms. The number of hydrogen-bond donors (Lipinski definition) is 0. The van der Waals surface area contributed by atoms with Crippen LogP contribution >= 0.6 is 15.9 Å². The predicted molar refractivity (Wildman–Crippen MR) is 92.5 cm³/mol. The first-order chi connectivity index (χ1) is 10.7. The molecule has 0 saturated carbocycles. The first-order valence-corrected chi connectivity index (χ1v) is 8.75. The molecule has 2 rings (SSSR count). The van der Waals surface area contributed by atoms with Crippen LogP contribution in [0, 0.1) is 6.92 Å². The van der Waals surface area contributed by atoms with E-state index in [4.69, 9.17) is 4.74 Å². The van der Waals surface area contributed by atoms with Gasteiger partial charge in [0.15, 0.2) is 0 Å². The summed E-state index contributed by atoms with van der Waals surface area (Å²) in [5, 5.41) is 0.888. The third kappa shape index (κ3) is 4.01.